The van der Waals surface area contributed by atoms with Crippen molar-refractivity contribution in [1.82, 2.24) is 25.5 Å². The van der Waals surface area contributed by atoms with E-state index in [0.29, 0.717) is 30.1 Å². The third-order valence-electron chi connectivity index (χ3n) is 8.03. The summed E-state index contributed by atoms with van der Waals surface area (Å²) in [7, 11) is 0. The molecular weight excluding hydrogens is 630 g/mol. The van der Waals surface area contributed by atoms with E-state index in [1.54, 1.807) is 18.3 Å². The number of likely N-dealkylation sites (N-methyl/N-ethyl adjacent to an activating group) is 1. The molecule has 4 N–H and O–H groups in total. The summed E-state index contributed by atoms with van der Waals surface area (Å²) in [4.78, 5) is 36.8. The number of pyridine rings is 2. The largest absolute Gasteiger partial charge is 0.453 e. The normalized spacial score (nSPS) is 12.6. The highest BCUT2D eigenvalue weighted by Gasteiger charge is 2.23. The van der Waals surface area contributed by atoms with Gasteiger partial charge in [-0.1, -0.05) is 19.9 Å². The fourth-order valence-electron chi connectivity index (χ4n) is 5.07. The average Bonchev–Trinajstić information content (AvgIpc) is 3.80. The van der Waals surface area contributed by atoms with Crippen molar-refractivity contribution in [3.05, 3.63) is 96.1 Å². The highest BCUT2D eigenvalue weighted by molar-refractivity contribution is 7.22. The molecule has 2 aromatic carbocycles. The molecule has 3 aromatic heterocycles. The molecule has 1 aliphatic rings. The van der Waals surface area contributed by atoms with Gasteiger partial charge in [-0.25, -0.2) is 9.18 Å². The van der Waals surface area contributed by atoms with Crippen LogP contribution in [0.25, 0.3) is 20.8 Å². The van der Waals surface area contributed by atoms with Gasteiger partial charge < -0.3 is 30.9 Å². The number of hydrogen-bond acceptors (Lipinski definition) is 8. The summed E-state index contributed by atoms with van der Waals surface area (Å²) in [6.45, 7) is 8.18. The third-order valence-corrected chi connectivity index (χ3v) is 9.19. The SMILES string of the molecule is CCN(CC)CCNC(=O)c1ccc(NCc2ccc(-c3cc4nccc(Oc5ccc(NC(=O)NC6CC6)cc5F)c4s3)nc2)cc1. The maximum atomic E-state index is 14.9. The van der Waals surface area contributed by atoms with E-state index in [4.69, 9.17) is 4.74 Å². The summed E-state index contributed by atoms with van der Waals surface area (Å²) < 4.78 is 21.7. The molecule has 10 nitrogen and oxygen atoms in total. The van der Waals surface area contributed by atoms with E-state index in [9.17, 15) is 14.0 Å². The molecule has 1 saturated carbocycles. The summed E-state index contributed by atoms with van der Waals surface area (Å²) >= 11 is 1.46. The second-order valence-electron chi connectivity index (χ2n) is 11.5. The lowest BCUT2D eigenvalue weighted by Crippen LogP contribution is -2.34. The number of thiophene rings is 1. The standard InChI is InChI=1S/C36H38FN7O3S/c1-3-44(4-2)18-17-39-35(45)24-6-8-25(9-7-24)40-21-23-5-13-29(41-22-23)33-20-30-34(48-33)32(15-16-38-30)47-31-14-12-27(19-28(31)37)43-36(46)42-26-10-11-26/h5-9,12-16,19-20,22,26,40H,3-4,10-11,17-18,21H2,1-2H3,(H,39,45)(H2,42,43,46). The van der Waals surface area contributed by atoms with E-state index in [0.717, 1.165) is 64.5 Å². The zero-order valence-electron chi connectivity index (χ0n) is 26.9. The summed E-state index contributed by atoms with van der Waals surface area (Å²) in [6.07, 6.45) is 5.38. The minimum absolute atomic E-state index is 0.0457. The first-order valence-corrected chi connectivity index (χ1v) is 16.9. The van der Waals surface area contributed by atoms with Gasteiger partial charge in [-0.05, 0) is 80.0 Å². The van der Waals surface area contributed by atoms with Crippen molar-refractivity contribution in [3.63, 3.8) is 0 Å². The first-order valence-electron chi connectivity index (χ1n) is 16.1. The van der Waals surface area contributed by atoms with Crippen LogP contribution in [0.15, 0.2) is 79.1 Å². The minimum atomic E-state index is -0.588. The van der Waals surface area contributed by atoms with Crippen LogP contribution in [0, 0.1) is 5.82 Å². The van der Waals surface area contributed by atoms with Gasteiger partial charge in [0.15, 0.2) is 11.6 Å². The fourth-order valence-corrected chi connectivity index (χ4v) is 6.11. The highest BCUT2D eigenvalue weighted by atomic mass is 32.1. The molecule has 48 heavy (non-hydrogen) atoms. The number of ether oxygens (including phenoxy) is 1. The number of urea groups is 1. The van der Waals surface area contributed by atoms with Crippen molar-refractivity contribution in [3.8, 4) is 22.1 Å². The van der Waals surface area contributed by atoms with Crippen LogP contribution in [0.4, 0.5) is 20.6 Å². The van der Waals surface area contributed by atoms with Crippen LogP contribution in [0.5, 0.6) is 11.5 Å². The topological polar surface area (TPSA) is 121 Å². The maximum Gasteiger partial charge on any atom is 0.319 e. The molecule has 1 fully saturated rings. The number of nitrogens with one attached hydrogen (secondary N) is 4. The molecule has 1 aliphatic carbocycles. The van der Waals surface area contributed by atoms with Crippen LogP contribution in [0.2, 0.25) is 0 Å². The molecular formula is C36H38FN7O3S. The van der Waals surface area contributed by atoms with E-state index < -0.39 is 5.82 Å². The van der Waals surface area contributed by atoms with Crippen LogP contribution < -0.4 is 26.0 Å². The number of halogens is 1. The van der Waals surface area contributed by atoms with Crippen LogP contribution in [0.3, 0.4) is 0 Å². The molecule has 0 bridgehead atoms. The average molecular weight is 668 g/mol. The second kappa shape index (κ2) is 15.2. The Hall–Kier alpha value is -5.07. The Kier molecular flexibility index (Phi) is 10.4. The van der Waals surface area contributed by atoms with Crippen molar-refractivity contribution in [2.75, 3.05) is 36.8 Å². The van der Waals surface area contributed by atoms with Gasteiger partial charge >= 0.3 is 6.03 Å². The summed E-state index contributed by atoms with van der Waals surface area (Å²) in [6, 6.07) is 19.3. The third kappa shape index (κ3) is 8.44. The number of fused-ring (bicyclic) bond motifs is 1. The van der Waals surface area contributed by atoms with Gasteiger partial charge in [0, 0.05) is 67.1 Å². The zero-order valence-corrected chi connectivity index (χ0v) is 27.7. The van der Waals surface area contributed by atoms with Gasteiger partial charge in [-0.3, -0.25) is 14.8 Å². The molecule has 0 saturated heterocycles. The molecule has 3 heterocycles. The number of hydrogen-bond donors (Lipinski definition) is 4. The Morgan fingerprint density at radius 3 is 2.46 bits per heavy atom. The number of amides is 3. The number of anilines is 2. The Balaban J connectivity index is 1.04. The van der Waals surface area contributed by atoms with Crippen LogP contribution >= 0.6 is 11.3 Å². The summed E-state index contributed by atoms with van der Waals surface area (Å²) in [5.41, 5.74) is 4.39. The summed E-state index contributed by atoms with van der Waals surface area (Å²) in [5.74, 6) is -0.140. The van der Waals surface area contributed by atoms with Crippen molar-refractivity contribution >= 4 is 44.9 Å². The van der Waals surface area contributed by atoms with Gasteiger partial charge in [-0.15, -0.1) is 11.3 Å². The lowest BCUT2D eigenvalue weighted by molar-refractivity contribution is 0.0949. The maximum absolute atomic E-state index is 14.9. The smallest absolute Gasteiger partial charge is 0.319 e. The Morgan fingerprint density at radius 2 is 1.75 bits per heavy atom. The van der Waals surface area contributed by atoms with Gasteiger partial charge in [0.05, 0.1) is 20.8 Å². The second-order valence-corrected chi connectivity index (χ2v) is 12.6. The van der Waals surface area contributed by atoms with E-state index in [-0.39, 0.29) is 23.7 Å². The predicted molar refractivity (Wildman–Crippen MR) is 188 cm³/mol. The van der Waals surface area contributed by atoms with Crippen molar-refractivity contribution in [2.24, 2.45) is 0 Å². The minimum Gasteiger partial charge on any atom is -0.453 e. The Labute approximate surface area is 282 Å². The zero-order chi connectivity index (χ0) is 33.5. The fraction of sp³-hybridized carbons (Fsp3) is 0.278. The molecule has 248 valence electrons. The van der Waals surface area contributed by atoms with Gasteiger partial charge in [0.1, 0.15) is 5.75 Å². The molecule has 0 radical (unpaired) electrons. The Bertz CT molecular complexity index is 1870. The van der Waals surface area contributed by atoms with Crippen LogP contribution in [0.1, 0.15) is 42.6 Å². The lowest BCUT2D eigenvalue weighted by Gasteiger charge is -2.18. The monoisotopic (exact) mass is 667 g/mol. The van der Waals surface area contributed by atoms with E-state index in [1.165, 1.54) is 23.5 Å². The number of carbonyl (C=O) groups is 2. The molecule has 6 rings (SSSR count). The van der Waals surface area contributed by atoms with Crippen molar-refractivity contribution in [1.29, 1.82) is 0 Å². The molecule has 3 amide bonds. The number of benzene rings is 2. The molecule has 0 unspecified atom stereocenters. The van der Waals surface area contributed by atoms with E-state index in [1.807, 2.05) is 48.7 Å². The molecule has 5 aromatic rings. The molecule has 0 spiro atoms. The number of aromatic nitrogens is 2. The van der Waals surface area contributed by atoms with Crippen molar-refractivity contribution in [2.45, 2.75) is 39.3 Å². The molecule has 0 atom stereocenters. The number of nitrogens with zero attached hydrogens (tertiary/aromatic N) is 3. The van der Waals surface area contributed by atoms with Crippen LogP contribution in [-0.4, -0.2) is 59.0 Å². The lowest BCUT2D eigenvalue weighted by atomic mass is 10.2. The predicted octanol–water partition coefficient (Wildman–Crippen LogP) is 7.26. The van der Waals surface area contributed by atoms with Crippen molar-refractivity contribution < 1.29 is 18.7 Å². The van der Waals surface area contributed by atoms with E-state index >= 15 is 0 Å². The van der Waals surface area contributed by atoms with Gasteiger partial charge in [0.2, 0.25) is 0 Å². The van der Waals surface area contributed by atoms with Crippen LogP contribution in [-0.2, 0) is 6.54 Å². The number of carbonyl (C=O) groups excluding carboxylic acids is 2. The first kappa shape index (κ1) is 32.9. The number of rotatable bonds is 14. The molecule has 12 heteroatoms. The Morgan fingerprint density at radius 1 is 0.958 bits per heavy atom. The first-order chi connectivity index (χ1) is 23.4. The summed E-state index contributed by atoms with van der Waals surface area (Å²) in [5, 5.41) is 11.8. The molecule has 0 aliphatic heterocycles. The van der Waals surface area contributed by atoms with Gasteiger partial charge in [-0.2, -0.15) is 0 Å². The quantitative estimate of drug-likeness (QED) is 0.0984. The highest BCUT2D eigenvalue weighted by Crippen LogP contribution is 2.39. The van der Waals surface area contributed by atoms with Gasteiger partial charge in [0.25, 0.3) is 5.91 Å². The van der Waals surface area contributed by atoms with E-state index in [2.05, 4.69) is 50.0 Å².